The summed E-state index contributed by atoms with van der Waals surface area (Å²) >= 11 is 0. The number of aromatic nitrogens is 1. The molecule has 3 heteroatoms. The Morgan fingerprint density at radius 1 is 0.920 bits per heavy atom. The molecule has 3 nitrogen and oxygen atoms in total. The topological polar surface area (TPSA) is 50.9 Å². The molecule has 0 amide bonds. The first kappa shape index (κ1) is 16.9. The molecule has 1 aromatic heterocycles. The van der Waals surface area contributed by atoms with E-state index >= 15 is 0 Å². The largest absolute Gasteiger partial charge is 0.382 e. The van der Waals surface area contributed by atoms with E-state index in [9.17, 15) is 0 Å². The predicted octanol–water partition coefficient (Wildman–Crippen LogP) is 4.13. The fourth-order valence-corrected chi connectivity index (χ4v) is 2.77. The molecule has 3 rings (SSSR count). The van der Waals surface area contributed by atoms with Crippen molar-refractivity contribution in [3.63, 3.8) is 0 Å². The first-order valence-corrected chi connectivity index (χ1v) is 8.55. The predicted molar refractivity (Wildman–Crippen MR) is 105 cm³/mol. The highest BCUT2D eigenvalue weighted by Gasteiger charge is 2.04. The van der Waals surface area contributed by atoms with Crippen LogP contribution in [0.15, 0.2) is 85.2 Å². The van der Waals surface area contributed by atoms with E-state index in [-0.39, 0.29) is 0 Å². The van der Waals surface area contributed by atoms with Crippen LogP contribution in [-0.4, -0.2) is 18.1 Å². The minimum atomic E-state index is 0.682. The van der Waals surface area contributed by atoms with Crippen molar-refractivity contribution < 1.29 is 0 Å². The van der Waals surface area contributed by atoms with Gasteiger partial charge in [0.1, 0.15) is 0 Å². The van der Waals surface area contributed by atoms with Gasteiger partial charge in [-0.3, -0.25) is 4.98 Å². The minimum absolute atomic E-state index is 0.682. The molecule has 2 aromatic carbocycles. The van der Waals surface area contributed by atoms with Crippen molar-refractivity contribution in [2.45, 2.75) is 6.42 Å². The highest BCUT2D eigenvalue weighted by atomic mass is 14.9. The summed E-state index contributed by atoms with van der Waals surface area (Å²) in [5.41, 5.74) is 11.5. The Balaban J connectivity index is 1.75. The fourth-order valence-electron chi connectivity index (χ4n) is 2.77. The van der Waals surface area contributed by atoms with E-state index in [1.54, 1.807) is 6.20 Å². The molecule has 25 heavy (non-hydrogen) atoms. The van der Waals surface area contributed by atoms with Crippen molar-refractivity contribution in [1.29, 1.82) is 0 Å². The highest BCUT2D eigenvalue weighted by Crippen LogP contribution is 2.22. The van der Waals surface area contributed by atoms with Crippen molar-refractivity contribution >= 4 is 11.3 Å². The van der Waals surface area contributed by atoms with Crippen LogP contribution in [0.3, 0.4) is 0 Å². The van der Waals surface area contributed by atoms with Gasteiger partial charge >= 0.3 is 0 Å². The molecule has 3 N–H and O–H groups in total. The first-order valence-electron chi connectivity index (χ1n) is 8.55. The Morgan fingerprint density at radius 3 is 2.36 bits per heavy atom. The number of pyridine rings is 1. The van der Waals surface area contributed by atoms with Gasteiger partial charge in [0.05, 0.1) is 0 Å². The van der Waals surface area contributed by atoms with Gasteiger partial charge in [0.15, 0.2) is 0 Å². The van der Waals surface area contributed by atoms with E-state index in [0.717, 1.165) is 24.2 Å². The lowest BCUT2D eigenvalue weighted by Gasteiger charge is -2.10. The van der Waals surface area contributed by atoms with E-state index in [0.29, 0.717) is 6.54 Å². The minimum Gasteiger partial charge on any atom is -0.382 e. The first-order chi connectivity index (χ1) is 12.4. The Morgan fingerprint density at radius 2 is 1.68 bits per heavy atom. The van der Waals surface area contributed by atoms with Crippen molar-refractivity contribution in [3.8, 4) is 0 Å². The smallest absolute Gasteiger partial charge is 0.0346 e. The summed E-state index contributed by atoms with van der Waals surface area (Å²) in [5.74, 6) is 0. The van der Waals surface area contributed by atoms with Crippen LogP contribution in [0.5, 0.6) is 0 Å². The van der Waals surface area contributed by atoms with E-state index in [1.165, 1.54) is 16.7 Å². The molecule has 0 spiro atoms. The summed E-state index contributed by atoms with van der Waals surface area (Å²) < 4.78 is 0. The van der Waals surface area contributed by atoms with Crippen molar-refractivity contribution in [3.05, 3.63) is 102 Å². The molecule has 0 saturated heterocycles. The van der Waals surface area contributed by atoms with Crippen LogP contribution in [0.2, 0.25) is 0 Å². The summed E-state index contributed by atoms with van der Waals surface area (Å²) in [6, 6.07) is 22.9. The molecule has 0 aliphatic rings. The molecule has 0 fully saturated rings. The van der Waals surface area contributed by atoms with Gasteiger partial charge in [0, 0.05) is 30.2 Å². The quantitative estimate of drug-likeness (QED) is 0.685. The van der Waals surface area contributed by atoms with Crippen molar-refractivity contribution in [2.24, 2.45) is 5.73 Å². The summed E-state index contributed by atoms with van der Waals surface area (Å²) in [7, 11) is 0. The van der Waals surface area contributed by atoms with Crippen LogP contribution in [0, 0.1) is 0 Å². The van der Waals surface area contributed by atoms with Gasteiger partial charge in [-0.05, 0) is 47.9 Å². The van der Waals surface area contributed by atoms with Crippen LogP contribution >= 0.6 is 0 Å². The van der Waals surface area contributed by atoms with Gasteiger partial charge < -0.3 is 11.1 Å². The summed E-state index contributed by atoms with van der Waals surface area (Å²) in [4.78, 5) is 4.25. The number of hydrogen-bond acceptors (Lipinski definition) is 3. The molecular weight excluding hydrogens is 306 g/mol. The number of rotatable bonds is 7. The Labute approximate surface area is 149 Å². The molecule has 0 aliphatic carbocycles. The maximum atomic E-state index is 5.59. The third kappa shape index (κ3) is 4.78. The van der Waals surface area contributed by atoms with Crippen molar-refractivity contribution in [1.82, 2.24) is 4.98 Å². The summed E-state index contributed by atoms with van der Waals surface area (Å²) in [6.07, 6.45) is 6.83. The molecule has 126 valence electrons. The SMILES string of the molecule is NCCc1ccc(NCC=C(c2ccccc2)c2cccnc2)cc1. The van der Waals surface area contributed by atoms with Gasteiger partial charge in [-0.2, -0.15) is 0 Å². The van der Waals surface area contributed by atoms with Crippen LogP contribution in [0.4, 0.5) is 5.69 Å². The average Bonchev–Trinajstić information content (AvgIpc) is 2.68. The maximum absolute atomic E-state index is 5.59. The Hall–Kier alpha value is -2.91. The van der Waals surface area contributed by atoms with Crippen LogP contribution in [0.25, 0.3) is 5.57 Å². The molecule has 0 radical (unpaired) electrons. The van der Waals surface area contributed by atoms with Crippen LogP contribution < -0.4 is 11.1 Å². The van der Waals surface area contributed by atoms with Crippen LogP contribution in [-0.2, 0) is 6.42 Å². The monoisotopic (exact) mass is 329 g/mol. The highest BCUT2D eigenvalue weighted by molar-refractivity contribution is 5.79. The lowest BCUT2D eigenvalue weighted by atomic mass is 9.99. The fraction of sp³-hybridized carbons (Fsp3) is 0.136. The molecule has 3 aromatic rings. The second kappa shape index (κ2) is 8.81. The molecule has 0 bridgehead atoms. The van der Waals surface area contributed by atoms with Gasteiger partial charge in [0.25, 0.3) is 0 Å². The molecular formula is C22H23N3. The zero-order valence-corrected chi connectivity index (χ0v) is 14.2. The lowest BCUT2D eigenvalue weighted by Crippen LogP contribution is -2.03. The molecule has 0 atom stereocenters. The normalized spacial score (nSPS) is 11.3. The number of anilines is 1. The second-order valence-electron chi connectivity index (χ2n) is 5.84. The van der Waals surface area contributed by atoms with E-state index in [2.05, 4.69) is 71.0 Å². The second-order valence-corrected chi connectivity index (χ2v) is 5.84. The van der Waals surface area contributed by atoms with Crippen molar-refractivity contribution in [2.75, 3.05) is 18.4 Å². The molecule has 0 saturated carbocycles. The Bertz CT molecular complexity index is 752. The van der Waals surface area contributed by atoms with Gasteiger partial charge in [-0.25, -0.2) is 0 Å². The van der Waals surface area contributed by atoms with Gasteiger partial charge in [-0.1, -0.05) is 54.6 Å². The lowest BCUT2D eigenvalue weighted by molar-refractivity contribution is 0.969. The average molecular weight is 329 g/mol. The van der Waals surface area contributed by atoms with Crippen LogP contribution in [0.1, 0.15) is 16.7 Å². The number of nitrogens with two attached hydrogens (primary N) is 1. The third-order valence-corrected chi connectivity index (χ3v) is 4.06. The maximum Gasteiger partial charge on any atom is 0.0346 e. The number of hydrogen-bond donors (Lipinski definition) is 2. The molecule has 1 heterocycles. The summed E-state index contributed by atoms with van der Waals surface area (Å²) in [5, 5.41) is 3.46. The third-order valence-electron chi connectivity index (χ3n) is 4.06. The number of nitrogens with zero attached hydrogens (tertiary/aromatic N) is 1. The van der Waals surface area contributed by atoms with E-state index < -0.39 is 0 Å². The number of benzene rings is 2. The van der Waals surface area contributed by atoms with E-state index in [4.69, 9.17) is 5.73 Å². The number of nitrogens with one attached hydrogen (secondary N) is 1. The zero-order valence-electron chi connectivity index (χ0n) is 14.2. The van der Waals surface area contributed by atoms with Gasteiger partial charge in [-0.15, -0.1) is 0 Å². The standard InChI is InChI=1S/C22H23N3/c23-14-12-18-8-10-21(11-9-18)25-16-13-22(19-5-2-1-3-6-19)20-7-4-15-24-17-20/h1-11,13,15,17,25H,12,14,16,23H2. The Kier molecular flexibility index (Phi) is 5.96. The zero-order chi connectivity index (χ0) is 17.3. The van der Waals surface area contributed by atoms with E-state index in [1.807, 2.05) is 18.3 Å². The molecule has 0 aliphatic heterocycles. The van der Waals surface area contributed by atoms with Gasteiger partial charge in [0.2, 0.25) is 0 Å². The molecule has 0 unspecified atom stereocenters. The summed E-state index contributed by atoms with van der Waals surface area (Å²) in [6.45, 7) is 1.43.